The van der Waals surface area contributed by atoms with Gasteiger partial charge in [0.15, 0.2) is 0 Å². The van der Waals surface area contributed by atoms with Crippen molar-refractivity contribution in [3.63, 3.8) is 0 Å². The van der Waals surface area contributed by atoms with E-state index in [-0.39, 0.29) is 0 Å². The molecule has 1 aliphatic heterocycles. The fraction of sp³-hybridized carbons (Fsp3) is 0.667. The summed E-state index contributed by atoms with van der Waals surface area (Å²) in [6, 6.07) is 7.10. The van der Waals surface area contributed by atoms with Crippen molar-refractivity contribution in [1.82, 2.24) is 5.32 Å². The Hall–Kier alpha value is -0.730. The van der Waals surface area contributed by atoms with Crippen molar-refractivity contribution >= 4 is 17.3 Å². The van der Waals surface area contributed by atoms with Crippen molar-refractivity contribution in [1.29, 1.82) is 0 Å². The van der Waals surface area contributed by atoms with Crippen LogP contribution in [0.25, 0.3) is 0 Å². The van der Waals surface area contributed by atoms with Crippen molar-refractivity contribution in [3.05, 3.63) is 28.8 Å². The standard InChI is InChI=1S/C18H27ClN2/c1-2-14-5-4-11-21(12-10-14)18-7-3-6-17(19)16(18)13-20-15-8-9-15/h3,6-7,14-15,20H,2,4-5,8-13H2,1H3. The molecule has 0 amide bonds. The molecule has 1 saturated carbocycles. The molecule has 1 heterocycles. The molecular formula is C18H27ClN2. The molecule has 3 heteroatoms. The van der Waals surface area contributed by atoms with E-state index in [1.807, 2.05) is 6.07 Å². The summed E-state index contributed by atoms with van der Waals surface area (Å²) in [5, 5.41) is 4.53. The predicted octanol–water partition coefficient (Wildman–Crippen LogP) is 4.61. The van der Waals surface area contributed by atoms with Crippen LogP contribution in [0.2, 0.25) is 5.02 Å². The van der Waals surface area contributed by atoms with Gasteiger partial charge in [-0.3, -0.25) is 0 Å². The van der Waals surface area contributed by atoms with E-state index >= 15 is 0 Å². The van der Waals surface area contributed by atoms with E-state index in [2.05, 4.69) is 29.3 Å². The minimum atomic E-state index is 0.725. The van der Waals surface area contributed by atoms with E-state index in [4.69, 9.17) is 11.6 Å². The molecule has 21 heavy (non-hydrogen) atoms. The Morgan fingerprint density at radius 1 is 1.19 bits per heavy atom. The van der Waals surface area contributed by atoms with Gasteiger partial charge < -0.3 is 10.2 Å². The van der Waals surface area contributed by atoms with Gasteiger partial charge in [0.25, 0.3) is 0 Å². The fourth-order valence-electron chi connectivity index (χ4n) is 3.37. The molecule has 1 unspecified atom stereocenters. The van der Waals surface area contributed by atoms with Crippen LogP contribution in [-0.2, 0) is 6.54 Å². The number of nitrogens with zero attached hydrogens (tertiary/aromatic N) is 1. The van der Waals surface area contributed by atoms with Gasteiger partial charge in [0.1, 0.15) is 0 Å². The number of nitrogens with one attached hydrogen (secondary N) is 1. The predicted molar refractivity (Wildman–Crippen MR) is 91.2 cm³/mol. The molecule has 0 bridgehead atoms. The van der Waals surface area contributed by atoms with Gasteiger partial charge in [-0.25, -0.2) is 0 Å². The first kappa shape index (κ1) is 15.2. The molecule has 2 nitrogen and oxygen atoms in total. The Morgan fingerprint density at radius 3 is 2.81 bits per heavy atom. The van der Waals surface area contributed by atoms with Crippen molar-refractivity contribution in [2.75, 3.05) is 18.0 Å². The van der Waals surface area contributed by atoms with Gasteiger partial charge in [0.05, 0.1) is 0 Å². The largest absolute Gasteiger partial charge is 0.371 e. The summed E-state index contributed by atoms with van der Waals surface area (Å²) in [6.45, 7) is 5.58. The summed E-state index contributed by atoms with van der Waals surface area (Å²) in [4.78, 5) is 2.56. The third-order valence-corrected chi connectivity index (χ3v) is 5.36. The Bertz CT molecular complexity index is 470. The maximum absolute atomic E-state index is 6.48. The lowest BCUT2D eigenvalue weighted by atomic mass is 9.98. The number of halogens is 1. The first-order chi connectivity index (χ1) is 10.3. The van der Waals surface area contributed by atoms with Gasteiger partial charge in [-0.2, -0.15) is 0 Å². The number of anilines is 1. The minimum absolute atomic E-state index is 0.725. The molecular weight excluding hydrogens is 280 g/mol. The summed E-state index contributed by atoms with van der Waals surface area (Å²) in [7, 11) is 0. The molecule has 1 aliphatic carbocycles. The van der Waals surface area contributed by atoms with Gasteiger partial charge >= 0.3 is 0 Å². The van der Waals surface area contributed by atoms with Gasteiger partial charge in [0, 0.05) is 41.9 Å². The molecule has 1 saturated heterocycles. The van der Waals surface area contributed by atoms with Gasteiger partial charge in [-0.1, -0.05) is 31.0 Å². The molecule has 0 spiro atoms. The molecule has 1 aromatic carbocycles. The van der Waals surface area contributed by atoms with E-state index < -0.39 is 0 Å². The van der Waals surface area contributed by atoms with Crippen molar-refractivity contribution < 1.29 is 0 Å². The maximum atomic E-state index is 6.48. The summed E-state index contributed by atoms with van der Waals surface area (Å²) in [5.41, 5.74) is 2.65. The first-order valence-corrected chi connectivity index (χ1v) is 8.91. The number of hydrogen-bond donors (Lipinski definition) is 1. The molecule has 2 aliphatic rings. The zero-order chi connectivity index (χ0) is 14.7. The van der Waals surface area contributed by atoms with Gasteiger partial charge in [-0.05, 0) is 50.2 Å². The zero-order valence-electron chi connectivity index (χ0n) is 13.1. The fourth-order valence-corrected chi connectivity index (χ4v) is 3.60. The summed E-state index contributed by atoms with van der Waals surface area (Å²) < 4.78 is 0. The highest BCUT2D eigenvalue weighted by molar-refractivity contribution is 6.31. The molecule has 2 fully saturated rings. The third kappa shape index (κ3) is 3.92. The minimum Gasteiger partial charge on any atom is -0.371 e. The smallest absolute Gasteiger partial charge is 0.0471 e. The van der Waals surface area contributed by atoms with E-state index in [0.29, 0.717) is 0 Å². The number of rotatable bonds is 5. The lowest BCUT2D eigenvalue weighted by molar-refractivity contribution is 0.459. The Balaban J connectivity index is 1.74. The highest BCUT2D eigenvalue weighted by atomic mass is 35.5. The SMILES string of the molecule is CCC1CCCN(c2cccc(Cl)c2CNC2CC2)CC1. The van der Waals surface area contributed by atoms with Crippen LogP contribution in [0.3, 0.4) is 0 Å². The number of benzene rings is 1. The van der Waals surface area contributed by atoms with Crippen LogP contribution in [0.1, 0.15) is 51.0 Å². The number of hydrogen-bond acceptors (Lipinski definition) is 2. The Labute approximate surface area is 133 Å². The Morgan fingerprint density at radius 2 is 2.05 bits per heavy atom. The van der Waals surface area contributed by atoms with Crippen LogP contribution in [-0.4, -0.2) is 19.1 Å². The average molecular weight is 307 g/mol. The molecule has 1 N–H and O–H groups in total. The van der Waals surface area contributed by atoms with Crippen molar-refractivity contribution in [2.24, 2.45) is 5.92 Å². The van der Waals surface area contributed by atoms with E-state index in [0.717, 1.165) is 23.5 Å². The lowest BCUT2D eigenvalue weighted by Crippen LogP contribution is -2.27. The van der Waals surface area contributed by atoms with Crippen LogP contribution >= 0.6 is 11.6 Å². The lowest BCUT2D eigenvalue weighted by Gasteiger charge is -2.26. The molecule has 116 valence electrons. The van der Waals surface area contributed by atoms with Gasteiger partial charge in [0.2, 0.25) is 0 Å². The highest BCUT2D eigenvalue weighted by Gasteiger charge is 2.23. The second kappa shape index (κ2) is 7.02. The second-order valence-electron chi connectivity index (χ2n) is 6.58. The summed E-state index contributed by atoms with van der Waals surface area (Å²) in [5.74, 6) is 0.905. The summed E-state index contributed by atoms with van der Waals surface area (Å²) in [6.07, 6.45) is 7.96. The molecule has 1 aromatic rings. The normalized spacial score (nSPS) is 23.1. The van der Waals surface area contributed by atoms with Crippen LogP contribution < -0.4 is 10.2 Å². The van der Waals surface area contributed by atoms with Crippen LogP contribution in [0, 0.1) is 5.92 Å². The van der Waals surface area contributed by atoms with Crippen LogP contribution in [0.15, 0.2) is 18.2 Å². The monoisotopic (exact) mass is 306 g/mol. The quantitative estimate of drug-likeness (QED) is 0.854. The average Bonchev–Trinajstić information content (AvgIpc) is 3.32. The molecule has 1 atom stereocenters. The van der Waals surface area contributed by atoms with E-state index in [1.54, 1.807) is 0 Å². The summed E-state index contributed by atoms with van der Waals surface area (Å²) >= 11 is 6.48. The van der Waals surface area contributed by atoms with E-state index in [1.165, 1.54) is 62.9 Å². The second-order valence-corrected chi connectivity index (χ2v) is 6.99. The van der Waals surface area contributed by atoms with Crippen LogP contribution in [0.4, 0.5) is 5.69 Å². The third-order valence-electron chi connectivity index (χ3n) is 5.00. The maximum Gasteiger partial charge on any atom is 0.0471 e. The first-order valence-electron chi connectivity index (χ1n) is 8.53. The van der Waals surface area contributed by atoms with Crippen molar-refractivity contribution in [3.8, 4) is 0 Å². The van der Waals surface area contributed by atoms with Crippen molar-refractivity contribution in [2.45, 2.75) is 58.0 Å². The molecule has 0 radical (unpaired) electrons. The topological polar surface area (TPSA) is 15.3 Å². The van der Waals surface area contributed by atoms with Crippen LogP contribution in [0.5, 0.6) is 0 Å². The molecule has 0 aromatic heterocycles. The molecule has 3 rings (SSSR count). The van der Waals surface area contributed by atoms with Gasteiger partial charge in [-0.15, -0.1) is 0 Å². The zero-order valence-corrected chi connectivity index (χ0v) is 13.8. The van der Waals surface area contributed by atoms with E-state index in [9.17, 15) is 0 Å². The Kier molecular flexibility index (Phi) is 5.07. The highest BCUT2D eigenvalue weighted by Crippen LogP contribution is 2.31.